The second-order valence-electron chi connectivity index (χ2n) is 4.75. The molecular weight excluding hydrogens is 179 g/mol. The van der Waals surface area contributed by atoms with Gasteiger partial charge in [-0.2, -0.15) is 0 Å². The molecule has 0 bridgehead atoms. The van der Waals surface area contributed by atoms with E-state index in [9.17, 15) is 4.39 Å². The predicted octanol–water partition coefficient (Wildman–Crippen LogP) is 1.42. The van der Waals surface area contributed by atoms with E-state index in [1.807, 2.05) is 0 Å². The highest BCUT2D eigenvalue weighted by Gasteiger charge is 2.29. The SMILES string of the molecule is CC1CNCCC1N1CCC(F)CC1. The molecule has 2 fully saturated rings. The van der Waals surface area contributed by atoms with Crippen LogP contribution in [0, 0.1) is 5.92 Å². The van der Waals surface area contributed by atoms with Gasteiger partial charge >= 0.3 is 0 Å². The maximum atomic E-state index is 13.0. The molecule has 2 aliphatic rings. The van der Waals surface area contributed by atoms with Crippen LogP contribution in [0.4, 0.5) is 4.39 Å². The minimum absolute atomic E-state index is 0.539. The standard InChI is InChI=1S/C11H21FN2/c1-9-8-13-5-2-11(9)14-6-3-10(12)4-7-14/h9-11,13H,2-8H2,1H3. The van der Waals surface area contributed by atoms with Crippen LogP contribution in [-0.2, 0) is 0 Å². The van der Waals surface area contributed by atoms with Gasteiger partial charge in [-0.15, -0.1) is 0 Å². The third kappa shape index (κ3) is 2.26. The first-order valence-electron chi connectivity index (χ1n) is 5.86. The van der Waals surface area contributed by atoms with Crippen LogP contribution in [0.1, 0.15) is 26.2 Å². The molecule has 0 spiro atoms. The average Bonchev–Trinajstić information content (AvgIpc) is 2.20. The first-order valence-corrected chi connectivity index (χ1v) is 5.86. The van der Waals surface area contributed by atoms with Gasteiger partial charge in [0, 0.05) is 19.1 Å². The largest absolute Gasteiger partial charge is 0.316 e. The molecule has 82 valence electrons. The molecule has 0 radical (unpaired) electrons. The van der Waals surface area contributed by atoms with E-state index in [-0.39, 0.29) is 0 Å². The molecule has 2 rings (SSSR count). The molecule has 2 saturated heterocycles. The van der Waals surface area contributed by atoms with Crippen molar-refractivity contribution in [3.8, 4) is 0 Å². The average molecular weight is 200 g/mol. The van der Waals surface area contributed by atoms with Crippen LogP contribution in [0.5, 0.6) is 0 Å². The van der Waals surface area contributed by atoms with Crippen molar-refractivity contribution in [1.29, 1.82) is 0 Å². The molecule has 2 atom stereocenters. The van der Waals surface area contributed by atoms with Crippen molar-refractivity contribution in [2.75, 3.05) is 26.2 Å². The summed E-state index contributed by atoms with van der Waals surface area (Å²) in [6, 6.07) is 0.698. The van der Waals surface area contributed by atoms with E-state index in [0.29, 0.717) is 6.04 Å². The molecule has 0 amide bonds. The maximum absolute atomic E-state index is 13.0. The smallest absolute Gasteiger partial charge is 0.103 e. The van der Waals surface area contributed by atoms with E-state index in [4.69, 9.17) is 0 Å². The van der Waals surface area contributed by atoms with Crippen molar-refractivity contribution in [3.05, 3.63) is 0 Å². The highest BCUT2D eigenvalue weighted by atomic mass is 19.1. The van der Waals surface area contributed by atoms with Crippen molar-refractivity contribution < 1.29 is 4.39 Å². The van der Waals surface area contributed by atoms with Crippen LogP contribution >= 0.6 is 0 Å². The van der Waals surface area contributed by atoms with E-state index in [0.717, 1.165) is 44.9 Å². The fourth-order valence-corrected chi connectivity index (χ4v) is 2.74. The summed E-state index contributed by atoms with van der Waals surface area (Å²) in [5.41, 5.74) is 0. The molecule has 14 heavy (non-hydrogen) atoms. The molecule has 2 aliphatic heterocycles. The van der Waals surface area contributed by atoms with Crippen molar-refractivity contribution in [2.24, 2.45) is 5.92 Å². The molecule has 0 saturated carbocycles. The Morgan fingerprint density at radius 1 is 1.21 bits per heavy atom. The summed E-state index contributed by atoms with van der Waals surface area (Å²) >= 11 is 0. The summed E-state index contributed by atoms with van der Waals surface area (Å²) in [6.07, 6.45) is 2.19. The summed E-state index contributed by atoms with van der Waals surface area (Å²) in [6.45, 7) is 6.50. The fraction of sp³-hybridized carbons (Fsp3) is 1.00. The molecule has 2 nitrogen and oxygen atoms in total. The summed E-state index contributed by atoms with van der Waals surface area (Å²) in [4.78, 5) is 2.50. The Hall–Kier alpha value is -0.150. The van der Waals surface area contributed by atoms with Gasteiger partial charge < -0.3 is 5.32 Å². The van der Waals surface area contributed by atoms with E-state index >= 15 is 0 Å². The zero-order valence-corrected chi connectivity index (χ0v) is 9.01. The normalized spacial score (nSPS) is 37.3. The topological polar surface area (TPSA) is 15.3 Å². The van der Waals surface area contributed by atoms with E-state index in [1.165, 1.54) is 6.42 Å². The highest BCUT2D eigenvalue weighted by Crippen LogP contribution is 2.22. The summed E-state index contributed by atoms with van der Waals surface area (Å²) < 4.78 is 13.0. The summed E-state index contributed by atoms with van der Waals surface area (Å²) in [5, 5.41) is 3.41. The lowest BCUT2D eigenvalue weighted by molar-refractivity contribution is 0.0694. The third-order valence-electron chi connectivity index (χ3n) is 3.67. The monoisotopic (exact) mass is 200 g/mol. The quantitative estimate of drug-likeness (QED) is 0.688. The Kier molecular flexibility index (Phi) is 3.39. The maximum Gasteiger partial charge on any atom is 0.103 e. The number of hydrogen-bond acceptors (Lipinski definition) is 2. The van der Waals surface area contributed by atoms with Gasteiger partial charge in [0.25, 0.3) is 0 Å². The van der Waals surface area contributed by atoms with Crippen LogP contribution in [0.2, 0.25) is 0 Å². The second kappa shape index (κ2) is 4.58. The van der Waals surface area contributed by atoms with E-state index < -0.39 is 6.17 Å². The zero-order valence-electron chi connectivity index (χ0n) is 9.01. The van der Waals surface area contributed by atoms with Gasteiger partial charge in [0.1, 0.15) is 6.17 Å². The first-order chi connectivity index (χ1) is 6.77. The number of nitrogens with one attached hydrogen (secondary N) is 1. The molecule has 2 unspecified atom stereocenters. The number of hydrogen-bond donors (Lipinski definition) is 1. The lowest BCUT2D eigenvalue weighted by Gasteiger charge is -2.41. The highest BCUT2D eigenvalue weighted by molar-refractivity contribution is 4.85. The lowest BCUT2D eigenvalue weighted by atomic mass is 9.92. The molecule has 3 heteroatoms. The fourth-order valence-electron chi connectivity index (χ4n) is 2.74. The molecule has 1 N–H and O–H groups in total. The van der Waals surface area contributed by atoms with Crippen LogP contribution in [0.15, 0.2) is 0 Å². The predicted molar refractivity (Wildman–Crippen MR) is 56.1 cm³/mol. The number of alkyl halides is 1. The minimum Gasteiger partial charge on any atom is -0.316 e. The zero-order chi connectivity index (χ0) is 9.97. The van der Waals surface area contributed by atoms with Crippen molar-refractivity contribution in [2.45, 2.75) is 38.4 Å². The van der Waals surface area contributed by atoms with Crippen LogP contribution in [0.3, 0.4) is 0 Å². The number of rotatable bonds is 1. The van der Waals surface area contributed by atoms with Gasteiger partial charge in [-0.3, -0.25) is 4.90 Å². The Morgan fingerprint density at radius 2 is 1.93 bits per heavy atom. The first kappa shape index (κ1) is 10.4. The van der Waals surface area contributed by atoms with Gasteiger partial charge in [0.2, 0.25) is 0 Å². The van der Waals surface area contributed by atoms with Crippen molar-refractivity contribution >= 4 is 0 Å². The van der Waals surface area contributed by atoms with Gasteiger partial charge in [-0.05, 0) is 38.3 Å². The van der Waals surface area contributed by atoms with Crippen LogP contribution < -0.4 is 5.32 Å². The van der Waals surface area contributed by atoms with E-state index in [2.05, 4.69) is 17.1 Å². The third-order valence-corrected chi connectivity index (χ3v) is 3.67. The Morgan fingerprint density at radius 3 is 2.57 bits per heavy atom. The molecular formula is C11H21FN2. The number of nitrogens with zero attached hydrogens (tertiary/aromatic N) is 1. The van der Waals surface area contributed by atoms with Crippen molar-refractivity contribution in [3.63, 3.8) is 0 Å². The molecule has 2 heterocycles. The van der Waals surface area contributed by atoms with Gasteiger partial charge in [-0.25, -0.2) is 4.39 Å². The Labute approximate surface area is 85.9 Å². The number of piperidine rings is 2. The van der Waals surface area contributed by atoms with Gasteiger partial charge in [0.15, 0.2) is 0 Å². The van der Waals surface area contributed by atoms with Crippen molar-refractivity contribution in [1.82, 2.24) is 10.2 Å². The molecule has 0 aromatic rings. The number of likely N-dealkylation sites (tertiary alicyclic amines) is 1. The summed E-state index contributed by atoms with van der Waals surface area (Å²) in [7, 11) is 0. The lowest BCUT2D eigenvalue weighted by Crippen LogP contribution is -2.51. The second-order valence-corrected chi connectivity index (χ2v) is 4.75. The molecule has 0 aliphatic carbocycles. The Bertz CT molecular complexity index is 178. The Balaban J connectivity index is 1.87. The van der Waals surface area contributed by atoms with Crippen LogP contribution in [-0.4, -0.2) is 43.3 Å². The van der Waals surface area contributed by atoms with Crippen LogP contribution in [0.25, 0.3) is 0 Å². The minimum atomic E-state index is -0.539. The van der Waals surface area contributed by atoms with E-state index in [1.54, 1.807) is 0 Å². The number of halogens is 1. The van der Waals surface area contributed by atoms with Gasteiger partial charge in [0.05, 0.1) is 0 Å². The van der Waals surface area contributed by atoms with Gasteiger partial charge in [-0.1, -0.05) is 6.92 Å². The molecule has 0 aromatic heterocycles. The summed E-state index contributed by atoms with van der Waals surface area (Å²) in [5.74, 6) is 0.722. The molecule has 0 aromatic carbocycles.